The number of amides is 1. The monoisotopic (exact) mass is 388 g/mol. The molecule has 8 heteroatoms. The molecule has 1 aliphatic carbocycles. The Hall–Kier alpha value is -2.87. The molecule has 0 aromatic heterocycles. The summed E-state index contributed by atoms with van der Waals surface area (Å²) in [5, 5.41) is 14.5. The Morgan fingerprint density at radius 2 is 1.75 bits per heavy atom. The SMILES string of the molecule is CC.CN(C)C(=O)c1cccc(Nc2c(N(N)C3CCCC3)c(=O)c2=O)c1O. The number of phenols is 1. The van der Waals surface area contributed by atoms with Gasteiger partial charge < -0.3 is 20.3 Å². The number of aromatic hydroxyl groups is 1. The van der Waals surface area contributed by atoms with Gasteiger partial charge in [-0.15, -0.1) is 0 Å². The summed E-state index contributed by atoms with van der Waals surface area (Å²) in [6.45, 7) is 4.00. The summed E-state index contributed by atoms with van der Waals surface area (Å²) in [5.74, 6) is 5.42. The van der Waals surface area contributed by atoms with Crippen molar-refractivity contribution >= 4 is 23.0 Å². The fourth-order valence-electron chi connectivity index (χ4n) is 3.30. The molecule has 152 valence electrons. The summed E-state index contributed by atoms with van der Waals surface area (Å²) < 4.78 is 0. The number of carbonyl (C=O) groups excluding carboxylic acids is 1. The lowest BCUT2D eigenvalue weighted by atomic mass is 10.1. The van der Waals surface area contributed by atoms with Gasteiger partial charge in [-0.25, -0.2) is 5.84 Å². The van der Waals surface area contributed by atoms with Gasteiger partial charge >= 0.3 is 0 Å². The van der Waals surface area contributed by atoms with Crippen LogP contribution in [0, 0.1) is 0 Å². The van der Waals surface area contributed by atoms with Gasteiger partial charge in [-0.1, -0.05) is 32.8 Å². The number of phenolic OH excluding ortho intramolecular Hbond substituents is 1. The van der Waals surface area contributed by atoms with E-state index in [9.17, 15) is 19.5 Å². The van der Waals surface area contributed by atoms with E-state index in [1.54, 1.807) is 20.2 Å². The van der Waals surface area contributed by atoms with Crippen LogP contribution >= 0.6 is 0 Å². The Morgan fingerprint density at radius 3 is 2.32 bits per heavy atom. The molecule has 0 unspecified atom stereocenters. The summed E-state index contributed by atoms with van der Waals surface area (Å²) in [5.41, 5.74) is -0.870. The number of benzene rings is 1. The molecule has 4 N–H and O–H groups in total. The molecule has 0 spiro atoms. The minimum atomic E-state index is -0.683. The number of hydrogen-bond donors (Lipinski definition) is 3. The second kappa shape index (κ2) is 8.88. The second-order valence-corrected chi connectivity index (χ2v) is 6.75. The quantitative estimate of drug-likeness (QED) is 0.311. The van der Waals surface area contributed by atoms with Gasteiger partial charge in [0.15, 0.2) is 5.75 Å². The topological polar surface area (TPSA) is 116 Å². The lowest BCUT2D eigenvalue weighted by Gasteiger charge is -2.28. The lowest BCUT2D eigenvalue weighted by molar-refractivity contribution is 0.0824. The number of para-hydroxylation sites is 1. The van der Waals surface area contributed by atoms with E-state index in [0.717, 1.165) is 25.7 Å². The molecule has 0 aliphatic heterocycles. The third-order valence-electron chi connectivity index (χ3n) is 4.79. The highest BCUT2D eigenvalue weighted by atomic mass is 16.3. The number of hydrogen-bond acceptors (Lipinski definition) is 7. The van der Waals surface area contributed by atoms with Gasteiger partial charge in [-0.3, -0.25) is 14.4 Å². The minimum Gasteiger partial charge on any atom is -0.505 e. The maximum atomic E-state index is 12.1. The van der Waals surface area contributed by atoms with E-state index in [1.165, 1.54) is 22.0 Å². The first kappa shape index (κ1) is 21.4. The van der Waals surface area contributed by atoms with Crippen molar-refractivity contribution in [3.63, 3.8) is 0 Å². The van der Waals surface area contributed by atoms with Crippen LogP contribution in [-0.4, -0.2) is 36.1 Å². The van der Waals surface area contributed by atoms with Crippen molar-refractivity contribution in [2.45, 2.75) is 45.6 Å². The molecule has 1 fully saturated rings. The average Bonchev–Trinajstić information content (AvgIpc) is 3.24. The first-order chi connectivity index (χ1) is 13.3. The Kier molecular flexibility index (Phi) is 6.80. The van der Waals surface area contributed by atoms with Gasteiger partial charge in [0.2, 0.25) is 0 Å². The molecule has 1 saturated carbocycles. The third-order valence-corrected chi connectivity index (χ3v) is 4.79. The third kappa shape index (κ3) is 3.87. The normalized spacial score (nSPS) is 13.8. The van der Waals surface area contributed by atoms with Crippen molar-refractivity contribution in [2.24, 2.45) is 5.84 Å². The van der Waals surface area contributed by atoms with Gasteiger partial charge in [-0.05, 0) is 25.0 Å². The van der Waals surface area contributed by atoms with Crippen LogP contribution in [0.5, 0.6) is 5.75 Å². The highest BCUT2D eigenvalue weighted by molar-refractivity contribution is 5.99. The maximum absolute atomic E-state index is 12.1. The fourth-order valence-corrected chi connectivity index (χ4v) is 3.30. The van der Waals surface area contributed by atoms with Crippen molar-refractivity contribution in [3.8, 4) is 5.75 Å². The molecular formula is C20H28N4O4. The van der Waals surface area contributed by atoms with Gasteiger partial charge in [-0.2, -0.15) is 0 Å². The molecule has 0 saturated heterocycles. The fraction of sp³-hybridized carbons (Fsp3) is 0.450. The molecule has 2 aromatic rings. The van der Waals surface area contributed by atoms with Gasteiger partial charge in [0.1, 0.15) is 11.4 Å². The maximum Gasteiger partial charge on any atom is 0.257 e. The van der Waals surface area contributed by atoms with Crippen LogP contribution < -0.4 is 27.0 Å². The number of nitrogens with two attached hydrogens (primary N) is 1. The van der Waals surface area contributed by atoms with Crippen molar-refractivity contribution in [2.75, 3.05) is 24.4 Å². The predicted molar refractivity (Wildman–Crippen MR) is 111 cm³/mol. The molecule has 2 aromatic carbocycles. The zero-order valence-corrected chi connectivity index (χ0v) is 16.8. The van der Waals surface area contributed by atoms with E-state index >= 15 is 0 Å². The van der Waals surface area contributed by atoms with E-state index in [4.69, 9.17) is 5.84 Å². The number of carbonyl (C=O) groups is 1. The lowest BCUT2D eigenvalue weighted by Crippen LogP contribution is -2.49. The Morgan fingerprint density at radius 1 is 1.14 bits per heavy atom. The number of rotatable bonds is 5. The van der Waals surface area contributed by atoms with Gasteiger partial charge in [0.25, 0.3) is 16.8 Å². The van der Waals surface area contributed by atoms with Crippen molar-refractivity contribution in [3.05, 3.63) is 44.2 Å². The molecule has 1 amide bonds. The summed E-state index contributed by atoms with van der Waals surface area (Å²) >= 11 is 0. The van der Waals surface area contributed by atoms with E-state index in [1.807, 2.05) is 13.8 Å². The molecule has 0 radical (unpaired) electrons. The minimum absolute atomic E-state index is 0.0223. The van der Waals surface area contributed by atoms with E-state index < -0.39 is 10.9 Å². The highest BCUT2D eigenvalue weighted by Crippen LogP contribution is 2.34. The summed E-state index contributed by atoms with van der Waals surface area (Å²) in [7, 11) is 3.15. The molecule has 8 nitrogen and oxygen atoms in total. The first-order valence-corrected chi connectivity index (χ1v) is 9.50. The van der Waals surface area contributed by atoms with Gasteiger partial charge in [0, 0.05) is 20.1 Å². The second-order valence-electron chi connectivity index (χ2n) is 6.75. The Labute approximate surface area is 164 Å². The van der Waals surface area contributed by atoms with Crippen LogP contribution in [0.4, 0.5) is 17.1 Å². The van der Waals surface area contributed by atoms with E-state index in [2.05, 4.69) is 5.32 Å². The zero-order valence-electron chi connectivity index (χ0n) is 16.8. The standard InChI is InChI=1S/C18H22N4O4.C2H6/c1-21(2)18(26)11-8-5-9-12(15(11)23)20-13-14(17(25)16(13)24)22(19)10-6-3-4-7-10;1-2/h5,8-10,20,23H,3-4,6-7,19H2,1-2H3;1-2H3. The van der Waals surface area contributed by atoms with E-state index in [-0.39, 0.29) is 40.3 Å². The molecule has 28 heavy (non-hydrogen) atoms. The van der Waals surface area contributed by atoms with Crippen LogP contribution in [0.1, 0.15) is 49.9 Å². The molecule has 1 aliphatic rings. The summed E-state index contributed by atoms with van der Waals surface area (Å²) in [6, 6.07) is 4.62. The largest absolute Gasteiger partial charge is 0.505 e. The summed E-state index contributed by atoms with van der Waals surface area (Å²) in [6.07, 6.45) is 3.80. The predicted octanol–water partition coefficient (Wildman–Crippen LogP) is 2.08. The number of nitrogens with zero attached hydrogens (tertiary/aromatic N) is 2. The number of hydrazine groups is 1. The zero-order chi connectivity index (χ0) is 21.0. The summed E-state index contributed by atoms with van der Waals surface area (Å²) in [4.78, 5) is 37.5. The Balaban J connectivity index is 0.00000136. The molecule has 0 bridgehead atoms. The first-order valence-electron chi connectivity index (χ1n) is 9.50. The van der Waals surface area contributed by atoms with E-state index in [0.29, 0.717) is 0 Å². The van der Waals surface area contributed by atoms with Crippen LogP contribution in [0.25, 0.3) is 0 Å². The molecule has 0 atom stereocenters. The van der Waals surface area contributed by atoms with Crippen molar-refractivity contribution in [1.29, 1.82) is 0 Å². The van der Waals surface area contributed by atoms with Gasteiger partial charge in [0.05, 0.1) is 11.3 Å². The average molecular weight is 388 g/mol. The van der Waals surface area contributed by atoms with Crippen LogP contribution in [0.15, 0.2) is 27.8 Å². The molecule has 0 heterocycles. The van der Waals surface area contributed by atoms with Crippen molar-refractivity contribution in [1.82, 2.24) is 4.90 Å². The Bertz CT molecular complexity index is 910. The van der Waals surface area contributed by atoms with Crippen LogP contribution in [0.2, 0.25) is 0 Å². The van der Waals surface area contributed by atoms with Crippen molar-refractivity contribution < 1.29 is 9.90 Å². The van der Waals surface area contributed by atoms with Crippen LogP contribution in [0.3, 0.4) is 0 Å². The van der Waals surface area contributed by atoms with Crippen LogP contribution in [-0.2, 0) is 0 Å². The number of anilines is 3. The highest BCUT2D eigenvalue weighted by Gasteiger charge is 2.31. The smallest absolute Gasteiger partial charge is 0.257 e. The number of nitrogens with one attached hydrogen (secondary N) is 1. The molecular weight excluding hydrogens is 360 g/mol. The molecule has 3 rings (SSSR count).